The number of phenolic OH excluding ortho intramolecular Hbond substituents is 2. The molecule has 0 unspecified atom stereocenters. The van der Waals surface area contributed by atoms with Crippen LogP contribution in [0.5, 0.6) is 11.5 Å². The van der Waals surface area contributed by atoms with Gasteiger partial charge in [-0.05, 0) is 36.4 Å². The Morgan fingerprint density at radius 2 is 1.55 bits per heavy atom. The minimum Gasteiger partial charge on any atom is -0.507 e. The number of nitrogens with one attached hydrogen (secondary N) is 1. The molecule has 3 N–H and O–H groups in total. The van der Waals surface area contributed by atoms with E-state index in [0.29, 0.717) is 5.69 Å². The molecule has 2 aromatic rings. The van der Waals surface area contributed by atoms with Crippen LogP contribution in [0.1, 0.15) is 10.4 Å². The molecular formula is C15H16N2O3. The van der Waals surface area contributed by atoms with E-state index in [-0.39, 0.29) is 17.1 Å². The van der Waals surface area contributed by atoms with Crippen LogP contribution in [-0.2, 0) is 0 Å². The van der Waals surface area contributed by atoms with Gasteiger partial charge in [-0.1, -0.05) is 6.07 Å². The molecule has 5 nitrogen and oxygen atoms in total. The van der Waals surface area contributed by atoms with E-state index in [1.54, 1.807) is 12.1 Å². The standard InChI is InChI=1S/C15H16N2O3/c1-17(2)11-8-6-10(7-9-11)16-15(20)14-12(18)4-3-5-13(14)19/h3-9,18-19H,1-2H3,(H,16,20). The highest BCUT2D eigenvalue weighted by Crippen LogP contribution is 2.27. The first kappa shape index (κ1) is 13.7. The third-order valence-corrected chi connectivity index (χ3v) is 2.89. The smallest absolute Gasteiger partial charge is 0.263 e. The highest BCUT2D eigenvalue weighted by molar-refractivity contribution is 6.08. The average molecular weight is 272 g/mol. The number of rotatable bonds is 3. The van der Waals surface area contributed by atoms with Crippen molar-refractivity contribution in [2.75, 3.05) is 24.3 Å². The number of anilines is 2. The second-order valence-corrected chi connectivity index (χ2v) is 4.57. The molecule has 20 heavy (non-hydrogen) atoms. The molecule has 2 rings (SSSR count). The zero-order valence-electron chi connectivity index (χ0n) is 11.3. The summed E-state index contributed by atoms with van der Waals surface area (Å²) in [6.07, 6.45) is 0. The average Bonchev–Trinajstić information content (AvgIpc) is 2.39. The number of hydrogen-bond acceptors (Lipinski definition) is 4. The number of nitrogens with zero attached hydrogens (tertiary/aromatic N) is 1. The third-order valence-electron chi connectivity index (χ3n) is 2.89. The first-order valence-corrected chi connectivity index (χ1v) is 6.08. The van der Waals surface area contributed by atoms with Crippen molar-refractivity contribution in [2.45, 2.75) is 0 Å². The Kier molecular flexibility index (Phi) is 3.79. The van der Waals surface area contributed by atoms with E-state index < -0.39 is 5.91 Å². The Labute approximate surface area is 117 Å². The highest BCUT2D eigenvalue weighted by atomic mass is 16.3. The fourth-order valence-corrected chi connectivity index (χ4v) is 1.80. The molecule has 0 radical (unpaired) electrons. The summed E-state index contributed by atoms with van der Waals surface area (Å²) < 4.78 is 0. The Morgan fingerprint density at radius 3 is 2.05 bits per heavy atom. The number of hydrogen-bond donors (Lipinski definition) is 3. The first-order valence-electron chi connectivity index (χ1n) is 6.08. The summed E-state index contributed by atoms with van der Waals surface area (Å²) in [4.78, 5) is 14.0. The maximum Gasteiger partial charge on any atom is 0.263 e. The molecule has 104 valence electrons. The summed E-state index contributed by atoms with van der Waals surface area (Å²) in [5.41, 5.74) is 1.46. The van der Waals surface area contributed by atoms with Crippen LogP contribution < -0.4 is 10.2 Å². The van der Waals surface area contributed by atoms with Gasteiger partial charge in [-0.2, -0.15) is 0 Å². The molecule has 2 aromatic carbocycles. The van der Waals surface area contributed by atoms with Crippen LogP contribution in [0.2, 0.25) is 0 Å². The molecule has 0 aliphatic rings. The lowest BCUT2D eigenvalue weighted by Gasteiger charge is -2.13. The molecule has 0 atom stereocenters. The van der Waals surface area contributed by atoms with Gasteiger partial charge in [0.1, 0.15) is 17.1 Å². The number of carbonyl (C=O) groups is 1. The van der Waals surface area contributed by atoms with Crippen LogP contribution >= 0.6 is 0 Å². The minimum absolute atomic E-state index is 0.135. The summed E-state index contributed by atoms with van der Waals surface area (Å²) in [6, 6.07) is 11.4. The zero-order chi connectivity index (χ0) is 14.7. The van der Waals surface area contributed by atoms with Gasteiger partial charge in [0, 0.05) is 25.5 Å². The van der Waals surface area contributed by atoms with Gasteiger partial charge in [-0.15, -0.1) is 0 Å². The number of amides is 1. The topological polar surface area (TPSA) is 72.8 Å². The Hall–Kier alpha value is -2.69. The molecule has 0 aliphatic carbocycles. The number of phenols is 2. The fraction of sp³-hybridized carbons (Fsp3) is 0.133. The van der Waals surface area contributed by atoms with E-state index in [0.717, 1.165) is 5.69 Å². The minimum atomic E-state index is -0.557. The van der Waals surface area contributed by atoms with E-state index >= 15 is 0 Å². The van der Waals surface area contributed by atoms with E-state index in [4.69, 9.17) is 0 Å². The van der Waals surface area contributed by atoms with E-state index in [1.807, 2.05) is 31.1 Å². The Bertz CT molecular complexity index is 601. The summed E-state index contributed by atoms with van der Waals surface area (Å²) in [6.45, 7) is 0. The SMILES string of the molecule is CN(C)c1ccc(NC(=O)c2c(O)cccc2O)cc1. The first-order chi connectivity index (χ1) is 9.49. The molecule has 0 spiro atoms. The molecule has 5 heteroatoms. The number of benzene rings is 2. The Balaban J connectivity index is 2.19. The van der Waals surface area contributed by atoms with Crippen molar-refractivity contribution < 1.29 is 15.0 Å². The van der Waals surface area contributed by atoms with Crippen molar-refractivity contribution in [1.82, 2.24) is 0 Å². The lowest BCUT2D eigenvalue weighted by atomic mass is 10.1. The van der Waals surface area contributed by atoms with Crippen LogP contribution in [0.4, 0.5) is 11.4 Å². The van der Waals surface area contributed by atoms with Crippen molar-refractivity contribution in [2.24, 2.45) is 0 Å². The predicted octanol–water partition coefficient (Wildman–Crippen LogP) is 2.42. The molecule has 0 bridgehead atoms. The van der Waals surface area contributed by atoms with E-state index in [9.17, 15) is 15.0 Å². The monoisotopic (exact) mass is 272 g/mol. The van der Waals surface area contributed by atoms with Gasteiger partial charge in [-0.3, -0.25) is 4.79 Å². The molecule has 0 aliphatic heterocycles. The van der Waals surface area contributed by atoms with Gasteiger partial charge >= 0.3 is 0 Å². The van der Waals surface area contributed by atoms with Gasteiger partial charge < -0.3 is 20.4 Å². The largest absolute Gasteiger partial charge is 0.507 e. The van der Waals surface area contributed by atoms with Crippen molar-refractivity contribution in [3.63, 3.8) is 0 Å². The lowest BCUT2D eigenvalue weighted by Crippen LogP contribution is -2.13. The normalized spacial score (nSPS) is 10.1. The second-order valence-electron chi connectivity index (χ2n) is 4.57. The van der Waals surface area contributed by atoms with Gasteiger partial charge in [0.05, 0.1) is 0 Å². The molecule has 0 saturated heterocycles. The summed E-state index contributed by atoms with van der Waals surface area (Å²) in [7, 11) is 3.85. The highest BCUT2D eigenvalue weighted by Gasteiger charge is 2.15. The van der Waals surface area contributed by atoms with Crippen LogP contribution in [-0.4, -0.2) is 30.2 Å². The molecule has 0 aromatic heterocycles. The lowest BCUT2D eigenvalue weighted by molar-refractivity contribution is 0.102. The van der Waals surface area contributed by atoms with Crippen LogP contribution in [0.15, 0.2) is 42.5 Å². The van der Waals surface area contributed by atoms with Gasteiger partial charge in [0.25, 0.3) is 5.91 Å². The fourth-order valence-electron chi connectivity index (χ4n) is 1.80. The van der Waals surface area contributed by atoms with Gasteiger partial charge in [-0.25, -0.2) is 0 Å². The molecule has 0 fully saturated rings. The van der Waals surface area contributed by atoms with Crippen molar-refractivity contribution in [3.05, 3.63) is 48.0 Å². The van der Waals surface area contributed by atoms with E-state index in [2.05, 4.69) is 5.32 Å². The summed E-state index contributed by atoms with van der Waals surface area (Å²) in [5.74, 6) is -1.07. The van der Waals surface area contributed by atoms with Crippen LogP contribution in [0.3, 0.4) is 0 Å². The molecule has 0 saturated carbocycles. The summed E-state index contributed by atoms with van der Waals surface area (Å²) >= 11 is 0. The van der Waals surface area contributed by atoms with Crippen molar-refractivity contribution in [3.8, 4) is 11.5 Å². The third kappa shape index (κ3) is 2.83. The molecular weight excluding hydrogens is 256 g/mol. The number of aromatic hydroxyl groups is 2. The van der Waals surface area contributed by atoms with Crippen molar-refractivity contribution >= 4 is 17.3 Å². The predicted molar refractivity (Wildman–Crippen MR) is 78.5 cm³/mol. The van der Waals surface area contributed by atoms with Crippen LogP contribution in [0.25, 0.3) is 0 Å². The quantitative estimate of drug-likeness (QED) is 0.802. The maximum atomic E-state index is 12.0. The van der Waals surface area contributed by atoms with Gasteiger partial charge in [0.15, 0.2) is 0 Å². The van der Waals surface area contributed by atoms with Crippen molar-refractivity contribution in [1.29, 1.82) is 0 Å². The maximum absolute atomic E-state index is 12.0. The molecule has 1 amide bonds. The number of carbonyl (C=O) groups excluding carboxylic acids is 1. The second kappa shape index (κ2) is 5.52. The van der Waals surface area contributed by atoms with E-state index in [1.165, 1.54) is 18.2 Å². The Morgan fingerprint density at radius 1 is 1.00 bits per heavy atom. The zero-order valence-corrected chi connectivity index (χ0v) is 11.3. The summed E-state index contributed by atoms with van der Waals surface area (Å²) in [5, 5.41) is 21.9. The van der Waals surface area contributed by atoms with Crippen LogP contribution in [0, 0.1) is 0 Å². The molecule has 0 heterocycles. The van der Waals surface area contributed by atoms with Gasteiger partial charge in [0.2, 0.25) is 0 Å².